The molecule has 1 aliphatic rings. The molecule has 1 fully saturated rings. The van der Waals surface area contributed by atoms with Crippen molar-refractivity contribution in [3.05, 3.63) is 83.2 Å². The van der Waals surface area contributed by atoms with E-state index < -0.39 is 34.8 Å². The van der Waals surface area contributed by atoms with E-state index in [2.05, 4.69) is 16.9 Å². The van der Waals surface area contributed by atoms with E-state index in [4.69, 9.17) is 4.74 Å². The van der Waals surface area contributed by atoms with E-state index in [0.717, 1.165) is 18.6 Å². The number of hydrogen-bond donors (Lipinski definition) is 0. The average Bonchev–Trinajstić information content (AvgIpc) is 3.33. The van der Waals surface area contributed by atoms with Crippen molar-refractivity contribution in [1.82, 2.24) is 14.7 Å². The van der Waals surface area contributed by atoms with Crippen molar-refractivity contribution in [3.63, 3.8) is 0 Å². The first kappa shape index (κ1) is 25.1. The largest absolute Gasteiger partial charge is 0.385 e. The van der Waals surface area contributed by atoms with E-state index in [-0.39, 0.29) is 12.0 Å². The fraction of sp³-hybridized carbons (Fsp3) is 0.296. The van der Waals surface area contributed by atoms with Gasteiger partial charge in [-0.15, -0.1) is 0 Å². The zero-order valence-electron chi connectivity index (χ0n) is 20.3. The van der Waals surface area contributed by atoms with Crippen LogP contribution in [0.2, 0.25) is 0 Å². The van der Waals surface area contributed by atoms with E-state index in [1.165, 1.54) is 11.9 Å². The van der Waals surface area contributed by atoms with Crippen LogP contribution >= 0.6 is 0 Å². The number of imide groups is 1. The number of rotatable bonds is 6. The monoisotopic (exact) mass is 492 g/mol. The number of methoxy groups -OCH3 is 1. The molecule has 1 aromatic heterocycles. The number of carbonyl (C=O) groups excluding carboxylic acids is 2. The first-order valence-electron chi connectivity index (χ1n) is 11.4. The molecule has 4 rings (SSSR count). The molecule has 0 spiro atoms. The Balaban J connectivity index is 1.59. The molecule has 0 N–H and O–H groups in total. The Morgan fingerprint density at radius 1 is 1.08 bits per heavy atom. The van der Waals surface area contributed by atoms with Gasteiger partial charge in [-0.1, -0.05) is 30.0 Å². The third-order valence-electron chi connectivity index (χ3n) is 6.32. The van der Waals surface area contributed by atoms with Crippen LogP contribution in [0.4, 0.5) is 19.3 Å². The minimum absolute atomic E-state index is 0.0913. The zero-order valence-corrected chi connectivity index (χ0v) is 20.3. The first-order valence-corrected chi connectivity index (χ1v) is 11.4. The van der Waals surface area contributed by atoms with Crippen molar-refractivity contribution in [2.45, 2.75) is 31.8 Å². The number of halogens is 2. The number of hydrogen-bond acceptors (Lipinski definition) is 4. The van der Waals surface area contributed by atoms with Crippen molar-refractivity contribution in [3.8, 4) is 11.8 Å². The van der Waals surface area contributed by atoms with E-state index in [0.29, 0.717) is 29.2 Å². The molecule has 9 heteroatoms. The summed E-state index contributed by atoms with van der Waals surface area (Å²) in [4.78, 5) is 28.3. The number of benzene rings is 2. The maximum Gasteiger partial charge on any atom is 0.332 e. The summed E-state index contributed by atoms with van der Waals surface area (Å²) in [5.74, 6) is 2.74. The number of aryl methyl sites for hydroxylation is 1. The molecule has 186 valence electrons. The molecule has 0 saturated carbocycles. The quantitative estimate of drug-likeness (QED) is 0.380. The Morgan fingerprint density at radius 3 is 2.42 bits per heavy atom. The van der Waals surface area contributed by atoms with Crippen LogP contribution in [0, 0.1) is 23.5 Å². The van der Waals surface area contributed by atoms with Gasteiger partial charge in [0.25, 0.3) is 0 Å². The summed E-state index contributed by atoms with van der Waals surface area (Å²) < 4.78 is 36.9. The lowest BCUT2D eigenvalue weighted by Gasteiger charge is -2.45. The summed E-state index contributed by atoms with van der Waals surface area (Å²) >= 11 is 0. The van der Waals surface area contributed by atoms with Crippen LogP contribution in [-0.4, -0.2) is 47.4 Å². The minimum Gasteiger partial charge on any atom is -0.385 e. The van der Waals surface area contributed by atoms with E-state index in [1.54, 1.807) is 55.4 Å². The topological polar surface area (TPSA) is 67.7 Å². The van der Waals surface area contributed by atoms with Crippen molar-refractivity contribution < 1.29 is 23.1 Å². The molecular formula is C27H26F2N4O3. The highest BCUT2D eigenvalue weighted by Gasteiger charge is 2.48. The van der Waals surface area contributed by atoms with Gasteiger partial charge >= 0.3 is 6.03 Å². The van der Waals surface area contributed by atoms with Crippen molar-refractivity contribution in [2.24, 2.45) is 0 Å². The smallest absolute Gasteiger partial charge is 0.332 e. The van der Waals surface area contributed by atoms with Gasteiger partial charge in [-0.2, -0.15) is 5.10 Å². The molecule has 3 aromatic rings. The zero-order chi connectivity index (χ0) is 25.9. The molecule has 1 saturated heterocycles. The number of ether oxygens (including phenoxy) is 1. The highest BCUT2D eigenvalue weighted by Crippen LogP contribution is 2.39. The molecule has 0 unspecified atom stereocenters. The lowest BCUT2D eigenvalue weighted by molar-refractivity contribution is -0.122. The normalized spacial score (nSPS) is 17.8. The molecule has 1 aliphatic heterocycles. The molecule has 36 heavy (non-hydrogen) atoms. The fourth-order valence-electron chi connectivity index (χ4n) is 4.13. The van der Waals surface area contributed by atoms with Crippen LogP contribution in [0.5, 0.6) is 0 Å². The second kappa shape index (κ2) is 10.3. The molecular weight excluding hydrogens is 466 g/mol. The lowest BCUT2D eigenvalue weighted by Crippen LogP contribution is -2.60. The molecule has 7 nitrogen and oxygen atoms in total. The van der Waals surface area contributed by atoms with Crippen LogP contribution in [0.3, 0.4) is 0 Å². The maximum absolute atomic E-state index is 15.1. The molecule has 1 atom stereocenters. The minimum atomic E-state index is -1.04. The number of urea groups is 1. The Morgan fingerprint density at radius 2 is 1.75 bits per heavy atom. The van der Waals surface area contributed by atoms with E-state index in [9.17, 15) is 9.59 Å². The Labute approximate surface area is 208 Å². The third kappa shape index (κ3) is 4.86. The molecule has 0 aliphatic carbocycles. The molecule has 3 amide bonds. The Hall–Kier alpha value is -4.03. The van der Waals surface area contributed by atoms with Crippen molar-refractivity contribution in [1.29, 1.82) is 0 Å². The Bertz CT molecular complexity index is 1320. The van der Waals surface area contributed by atoms with Crippen LogP contribution in [0.15, 0.2) is 54.9 Å². The van der Waals surface area contributed by atoms with E-state index >= 15 is 8.78 Å². The Kier molecular flexibility index (Phi) is 7.17. The lowest BCUT2D eigenvalue weighted by atomic mass is 9.87. The highest BCUT2D eigenvalue weighted by atomic mass is 19.1. The van der Waals surface area contributed by atoms with Crippen LogP contribution in [0.1, 0.15) is 36.5 Å². The molecule has 0 radical (unpaired) electrons. The van der Waals surface area contributed by atoms with Gasteiger partial charge < -0.3 is 9.64 Å². The van der Waals surface area contributed by atoms with Crippen LogP contribution in [0.25, 0.3) is 0 Å². The number of carbonyl (C=O) groups is 2. The van der Waals surface area contributed by atoms with Crippen LogP contribution in [-0.2, 0) is 21.6 Å². The van der Waals surface area contributed by atoms with E-state index in [1.807, 2.05) is 6.07 Å². The fourth-order valence-corrected chi connectivity index (χ4v) is 4.13. The molecule has 0 bridgehead atoms. The average molecular weight is 493 g/mol. The van der Waals surface area contributed by atoms with Gasteiger partial charge in [0.15, 0.2) is 11.6 Å². The van der Waals surface area contributed by atoms with Gasteiger partial charge in [0.1, 0.15) is 5.69 Å². The van der Waals surface area contributed by atoms with Crippen molar-refractivity contribution in [2.75, 3.05) is 25.7 Å². The van der Waals surface area contributed by atoms with Gasteiger partial charge in [0, 0.05) is 50.2 Å². The predicted octanol–water partition coefficient (Wildman–Crippen LogP) is 4.30. The molecule has 2 aromatic carbocycles. The van der Waals surface area contributed by atoms with Gasteiger partial charge in [-0.3, -0.25) is 9.48 Å². The summed E-state index contributed by atoms with van der Waals surface area (Å²) in [6.45, 7) is 2.91. The van der Waals surface area contributed by atoms with Gasteiger partial charge in [0.05, 0.1) is 18.2 Å². The predicted molar refractivity (Wildman–Crippen MR) is 130 cm³/mol. The number of amides is 3. The van der Waals surface area contributed by atoms with Crippen molar-refractivity contribution >= 4 is 17.6 Å². The summed E-state index contributed by atoms with van der Waals surface area (Å²) in [5.41, 5.74) is -0.311. The van der Waals surface area contributed by atoms with Crippen LogP contribution < -0.4 is 4.90 Å². The number of aromatic nitrogens is 2. The SMILES string of the molecule is COCCCn1cc([C@]2(C)CC(=O)N(c3c(F)cc(C#Cc4ccccc4)cc3F)C(=O)N2C)cn1. The summed E-state index contributed by atoms with van der Waals surface area (Å²) in [6.07, 6.45) is 3.94. The summed E-state index contributed by atoms with van der Waals surface area (Å²) in [6, 6.07) is 10.2. The number of nitrogens with zero attached hydrogens (tertiary/aromatic N) is 4. The standard InChI is InChI=1S/C27H26F2N4O3/c1-27(21-17-30-32(18-21)12-7-13-36-3)16-24(34)33(26(35)31(27)2)25-22(28)14-20(15-23(25)29)11-10-19-8-5-4-6-9-19/h4-6,8-9,14-15,17-18H,7,12-13,16H2,1-3H3/t27-/m0/s1. The molecule has 2 heterocycles. The highest BCUT2D eigenvalue weighted by molar-refractivity contribution is 6.16. The summed E-state index contributed by atoms with van der Waals surface area (Å²) in [5, 5.41) is 4.31. The first-order chi connectivity index (χ1) is 17.2. The third-order valence-corrected chi connectivity index (χ3v) is 6.32. The van der Waals surface area contributed by atoms with Gasteiger partial charge in [-0.05, 0) is 37.6 Å². The number of anilines is 1. The second-order valence-electron chi connectivity index (χ2n) is 8.76. The second-order valence-corrected chi connectivity index (χ2v) is 8.76. The maximum atomic E-state index is 15.1. The van der Waals surface area contributed by atoms with Gasteiger partial charge in [-0.25, -0.2) is 18.5 Å². The summed E-state index contributed by atoms with van der Waals surface area (Å²) in [7, 11) is 3.12. The van der Waals surface area contributed by atoms with Gasteiger partial charge in [0.2, 0.25) is 5.91 Å².